The quantitative estimate of drug-likeness (QED) is 0.797. The number of hydrogen-bond acceptors (Lipinski definition) is 2. The van der Waals surface area contributed by atoms with Crippen molar-refractivity contribution in [2.24, 2.45) is 11.3 Å². The minimum atomic E-state index is -0.0682. The Labute approximate surface area is 136 Å². The number of carbonyl (C=O) groups excluding carboxylic acids is 1. The zero-order chi connectivity index (χ0) is 16.8. The molecule has 0 saturated heterocycles. The molecule has 1 aromatic rings. The molecule has 3 heteroatoms. The monoisotopic (exact) mass is 304 g/mol. The summed E-state index contributed by atoms with van der Waals surface area (Å²) in [5.74, 6) is 0.410. The van der Waals surface area contributed by atoms with E-state index in [4.69, 9.17) is 0 Å². The molecule has 3 nitrogen and oxygen atoms in total. The summed E-state index contributed by atoms with van der Waals surface area (Å²) in [4.78, 5) is 14.9. The summed E-state index contributed by atoms with van der Waals surface area (Å²) in [6, 6.07) is 10.1. The SMILES string of the molecule is CCC(C)C(C(=O)NCC(C)(C)CN(C)C)c1ccccc1. The Kier molecular flexibility index (Phi) is 7.08. The molecule has 0 aliphatic carbocycles. The van der Waals surface area contributed by atoms with Gasteiger partial charge in [-0.3, -0.25) is 4.79 Å². The number of hydrogen-bond donors (Lipinski definition) is 1. The van der Waals surface area contributed by atoms with E-state index in [-0.39, 0.29) is 17.2 Å². The summed E-state index contributed by atoms with van der Waals surface area (Å²) in [7, 11) is 4.13. The van der Waals surface area contributed by atoms with E-state index in [9.17, 15) is 4.79 Å². The van der Waals surface area contributed by atoms with Crippen LogP contribution in [0.3, 0.4) is 0 Å². The van der Waals surface area contributed by atoms with Gasteiger partial charge >= 0.3 is 0 Å². The maximum atomic E-state index is 12.8. The lowest BCUT2D eigenvalue weighted by Crippen LogP contribution is -2.42. The third-order valence-electron chi connectivity index (χ3n) is 4.14. The fourth-order valence-corrected chi connectivity index (χ4v) is 2.98. The van der Waals surface area contributed by atoms with Gasteiger partial charge in [0.2, 0.25) is 5.91 Å². The summed E-state index contributed by atoms with van der Waals surface area (Å²) in [5, 5.41) is 3.18. The number of rotatable bonds is 8. The molecule has 1 aromatic carbocycles. The largest absolute Gasteiger partial charge is 0.355 e. The van der Waals surface area contributed by atoms with E-state index in [1.54, 1.807) is 0 Å². The highest BCUT2D eigenvalue weighted by Crippen LogP contribution is 2.27. The Hall–Kier alpha value is -1.35. The van der Waals surface area contributed by atoms with Crippen molar-refractivity contribution < 1.29 is 4.79 Å². The van der Waals surface area contributed by atoms with E-state index in [1.807, 2.05) is 18.2 Å². The van der Waals surface area contributed by atoms with Gasteiger partial charge in [-0.1, -0.05) is 64.4 Å². The van der Waals surface area contributed by atoms with Crippen LogP contribution in [0.1, 0.15) is 45.6 Å². The van der Waals surface area contributed by atoms with E-state index in [0.717, 1.165) is 18.5 Å². The van der Waals surface area contributed by atoms with Gasteiger partial charge in [-0.25, -0.2) is 0 Å². The van der Waals surface area contributed by atoms with Crippen molar-refractivity contribution >= 4 is 5.91 Å². The van der Waals surface area contributed by atoms with Crippen molar-refractivity contribution in [3.8, 4) is 0 Å². The van der Waals surface area contributed by atoms with E-state index >= 15 is 0 Å². The Balaban J connectivity index is 2.78. The second-order valence-corrected chi connectivity index (χ2v) is 7.39. The Bertz CT molecular complexity index is 454. The Morgan fingerprint density at radius 1 is 1.23 bits per heavy atom. The van der Waals surface area contributed by atoms with Gasteiger partial charge < -0.3 is 10.2 Å². The maximum absolute atomic E-state index is 12.8. The molecule has 0 fully saturated rings. The second kappa shape index (κ2) is 8.33. The minimum absolute atomic E-state index is 0.0653. The van der Waals surface area contributed by atoms with Crippen LogP contribution in [0.5, 0.6) is 0 Å². The first-order valence-corrected chi connectivity index (χ1v) is 8.24. The average molecular weight is 304 g/mol. The molecule has 1 N–H and O–H groups in total. The average Bonchev–Trinajstić information content (AvgIpc) is 2.45. The molecule has 0 radical (unpaired) electrons. The van der Waals surface area contributed by atoms with E-state index < -0.39 is 0 Å². The minimum Gasteiger partial charge on any atom is -0.355 e. The van der Waals surface area contributed by atoms with Crippen LogP contribution in [-0.4, -0.2) is 38.0 Å². The van der Waals surface area contributed by atoms with Crippen LogP contribution in [-0.2, 0) is 4.79 Å². The zero-order valence-corrected chi connectivity index (χ0v) is 15.0. The number of benzene rings is 1. The smallest absolute Gasteiger partial charge is 0.227 e. The molecule has 0 saturated carbocycles. The van der Waals surface area contributed by atoms with Crippen LogP contribution in [0.2, 0.25) is 0 Å². The van der Waals surface area contributed by atoms with Crippen molar-refractivity contribution in [2.45, 2.75) is 40.0 Å². The van der Waals surface area contributed by atoms with Crippen molar-refractivity contribution in [3.63, 3.8) is 0 Å². The predicted molar refractivity (Wildman–Crippen MR) is 94.0 cm³/mol. The molecule has 22 heavy (non-hydrogen) atoms. The highest BCUT2D eigenvalue weighted by molar-refractivity contribution is 5.84. The van der Waals surface area contributed by atoms with Crippen LogP contribution in [0.4, 0.5) is 0 Å². The number of nitrogens with zero attached hydrogens (tertiary/aromatic N) is 1. The Morgan fingerprint density at radius 3 is 2.32 bits per heavy atom. The topological polar surface area (TPSA) is 32.3 Å². The third-order valence-corrected chi connectivity index (χ3v) is 4.14. The molecule has 2 atom stereocenters. The van der Waals surface area contributed by atoms with Crippen LogP contribution in [0.15, 0.2) is 30.3 Å². The maximum Gasteiger partial charge on any atom is 0.227 e. The van der Waals surface area contributed by atoms with Gasteiger partial charge in [0.1, 0.15) is 0 Å². The van der Waals surface area contributed by atoms with Crippen LogP contribution >= 0.6 is 0 Å². The lowest BCUT2D eigenvalue weighted by atomic mass is 9.84. The van der Waals surface area contributed by atoms with Gasteiger partial charge in [-0.05, 0) is 31.0 Å². The molecule has 0 aliphatic rings. The molecule has 0 spiro atoms. The third kappa shape index (κ3) is 5.80. The molecule has 1 rings (SSSR count). The number of nitrogens with one attached hydrogen (secondary N) is 1. The molecule has 0 aromatic heterocycles. The molecular formula is C19H32N2O. The first kappa shape index (κ1) is 18.7. The lowest BCUT2D eigenvalue weighted by molar-refractivity contribution is -0.124. The molecular weight excluding hydrogens is 272 g/mol. The first-order chi connectivity index (χ1) is 10.3. The van der Waals surface area contributed by atoms with Crippen LogP contribution < -0.4 is 5.32 Å². The summed E-state index contributed by atoms with van der Waals surface area (Å²) >= 11 is 0. The van der Waals surface area contributed by atoms with Crippen molar-refractivity contribution in [2.75, 3.05) is 27.2 Å². The van der Waals surface area contributed by atoms with E-state index in [0.29, 0.717) is 12.5 Å². The van der Waals surface area contributed by atoms with Gasteiger partial charge in [0.05, 0.1) is 5.92 Å². The summed E-state index contributed by atoms with van der Waals surface area (Å²) in [6.45, 7) is 10.3. The summed E-state index contributed by atoms with van der Waals surface area (Å²) < 4.78 is 0. The predicted octanol–water partition coefficient (Wildman–Crippen LogP) is 3.52. The normalized spacial score (nSPS) is 14.7. The molecule has 0 heterocycles. The van der Waals surface area contributed by atoms with Gasteiger partial charge in [0.15, 0.2) is 0 Å². The second-order valence-electron chi connectivity index (χ2n) is 7.39. The van der Waals surface area contributed by atoms with Gasteiger partial charge in [-0.2, -0.15) is 0 Å². The van der Waals surface area contributed by atoms with Crippen molar-refractivity contribution in [1.29, 1.82) is 0 Å². The van der Waals surface area contributed by atoms with Crippen molar-refractivity contribution in [3.05, 3.63) is 35.9 Å². The van der Waals surface area contributed by atoms with Gasteiger partial charge in [0.25, 0.3) is 0 Å². The molecule has 2 unspecified atom stereocenters. The zero-order valence-electron chi connectivity index (χ0n) is 15.0. The first-order valence-electron chi connectivity index (χ1n) is 8.24. The molecule has 124 valence electrons. The van der Waals surface area contributed by atoms with Gasteiger partial charge in [-0.15, -0.1) is 0 Å². The highest BCUT2D eigenvalue weighted by Gasteiger charge is 2.27. The summed E-state index contributed by atoms with van der Waals surface area (Å²) in [6.07, 6.45) is 0.994. The molecule has 0 aliphatic heterocycles. The number of amides is 1. The van der Waals surface area contributed by atoms with Crippen molar-refractivity contribution in [1.82, 2.24) is 10.2 Å². The highest BCUT2D eigenvalue weighted by atomic mass is 16.1. The molecule has 0 bridgehead atoms. The van der Waals surface area contributed by atoms with Gasteiger partial charge in [0, 0.05) is 13.1 Å². The lowest BCUT2D eigenvalue weighted by Gasteiger charge is -2.30. The Morgan fingerprint density at radius 2 is 1.82 bits per heavy atom. The summed E-state index contributed by atoms with van der Waals surface area (Å²) in [5.41, 5.74) is 1.18. The fraction of sp³-hybridized carbons (Fsp3) is 0.632. The standard InChI is InChI=1S/C19H32N2O/c1-7-15(2)17(16-11-9-8-10-12-16)18(22)20-13-19(3,4)14-21(5)6/h8-12,15,17H,7,13-14H2,1-6H3,(H,20,22). The number of carbonyl (C=O) groups is 1. The van der Waals surface area contributed by atoms with Crippen LogP contribution in [0.25, 0.3) is 0 Å². The van der Waals surface area contributed by atoms with E-state index in [2.05, 4.69) is 64.1 Å². The van der Waals surface area contributed by atoms with Crippen LogP contribution in [0, 0.1) is 11.3 Å². The van der Waals surface area contributed by atoms with E-state index in [1.165, 1.54) is 0 Å². The fourth-order valence-electron chi connectivity index (χ4n) is 2.98. The molecule has 1 amide bonds.